The van der Waals surface area contributed by atoms with E-state index in [1.165, 1.54) is 0 Å². The van der Waals surface area contributed by atoms with Crippen molar-refractivity contribution in [2.45, 2.75) is 38.7 Å². The molecule has 1 aromatic carbocycles. The Kier molecular flexibility index (Phi) is 3.93. The number of fused-ring (bicyclic) bond motifs is 1. The monoisotopic (exact) mass is 295 g/mol. The van der Waals surface area contributed by atoms with E-state index in [2.05, 4.69) is 0 Å². The molecule has 0 spiro atoms. The average molecular weight is 295 g/mol. The summed E-state index contributed by atoms with van der Waals surface area (Å²) in [6.45, 7) is 5.58. The van der Waals surface area contributed by atoms with Gasteiger partial charge >= 0.3 is 0 Å². The van der Waals surface area contributed by atoms with Gasteiger partial charge in [0, 0.05) is 18.3 Å². The Bertz CT molecular complexity index is 708. The Morgan fingerprint density at radius 2 is 1.90 bits per heavy atom. The van der Waals surface area contributed by atoms with Crippen LogP contribution in [0.5, 0.6) is 0 Å². The first kappa shape index (κ1) is 15.1. The van der Waals surface area contributed by atoms with Gasteiger partial charge in [-0.2, -0.15) is 0 Å². The van der Waals surface area contributed by atoms with Crippen LogP contribution >= 0.6 is 0 Å². The molecule has 110 valence electrons. The molecule has 2 aromatic rings. The molecule has 1 N–H and O–H groups in total. The Morgan fingerprint density at radius 3 is 2.50 bits per heavy atom. The summed E-state index contributed by atoms with van der Waals surface area (Å²) in [4.78, 5) is 0. The zero-order valence-corrected chi connectivity index (χ0v) is 12.9. The van der Waals surface area contributed by atoms with E-state index in [0.717, 1.165) is 16.5 Å². The molecule has 0 fully saturated rings. The summed E-state index contributed by atoms with van der Waals surface area (Å²) < 4.78 is 25.5. The minimum Gasteiger partial charge on any atom is -0.392 e. The van der Waals surface area contributed by atoms with Gasteiger partial charge in [-0.25, -0.2) is 8.42 Å². The number of hydrogen-bond acceptors (Lipinski definition) is 3. The molecule has 0 radical (unpaired) electrons. The molecule has 0 atom stereocenters. The van der Waals surface area contributed by atoms with Crippen LogP contribution < -0.4 is 0 Å². The lowest BCUT2D eigenvalue weighted by Crippen LogP contribution is -2.31. The highest BCUT2D eigenvalue weighted by Gasteiger charge is 2.28. The second-order valence-electron chi connectivity index (χ2n) is 5.99. The molecule has 20 heavy (non-hydrogen) atoms. The largest absolute Gasteiger partial charge is 0.392 e. The van der Waals surface area contributed by atoms with Gasteiger partial charge < -0.3 is 9.67 Å². The summed E-state index contributed by atoms with van der Waals surface area (Å²) >= 11 is 0. The predicted octanol–water partition coefficient (Wildman–Crippen LogP) is 2.35. The van der Waals surface area contributed by atoms with Gasteiger partial charge in [-0.3, -0.25) is 0 Å². The van der Waals surface area contributed by atoms with E-state index in [1.54, 1.807) is 20.8 Å². The van der Waals surface area contributed by atoms with Gasteiger partial charge in [0.2, 0.25) is 0 Å². The lowest BCUT2D eigenvalue weighted by Gasteiger charge is -2.19. The molecular weight excluding hydrogens is 274 g/mol. The normalized spacial score (nSPS) is 13.0. The second-order valence-corrected chi connectivity index (χ2v) is 8.85. The molecule has 5 heteroatoms. The number of aliphatic hydroxyl groups excluding tert-OH is 1. The molecule has 0 amide bonds. The summed E-state index contributed by atoms with van der Waals surface area (Å²) in [7, 11) is -3.13. The first-order valence-corrected chi connectivity index (χ1v) is 8.31. The highest BCUT2D eigenvalue weighted by atomic mass is 32.2. The number of rotatable bonds is 4. The molecule has 0 bridgehead atoms. The van der Waals surface area contributed by atoms with Crippen LogP contribution in [-0.2, 0) is 23.0 Å². The molecule has 0 saturated heterocycles. The van der Waals surface area contributed by atoms with Crippen molar-refractivity contribution in [1.82, 2.24) is 4.57 Å². The Labute approximate surface area is 120 Å². The van der Waals surface area contributed by atoms with Gasteiger partial charge in [-0.05, 0) is 43.9 Å². The summed E-state index contributed by atoms with van der Waals surface area (Å²) in [5.41, 5.74) is 1.79. The number of benzene rings is 1. The van der Waals surface area contributed by atoms with Crippen LogP contribution in [0.3, 0.4) is 0 Å². The maximum absolute atomic E-state index is 12.2. The van der Waals surface area contributed by atoms with E-state index in [9.17, 15) is 13.5 Å². The van der Waals surface area contributed by atoms with E-state index in [-0.39, 0.29) is 12.4 Å². The summed E-state index contributed by atoms with van der Waals surface area (Å²) in [6.07, 6.45) is 1.89. The van der Waals surface area contributed by atoms with Gasteiger partial charge in [0.1, 0.15) is 0 Å². The van der Waals surface area contributed by atoms with Gasteiger partial charge in [-0.15, -0.1) is 0 Å². The standard InChI is InChI=1S/C15H21NO3S/c1-15(2,3)20(18,19)9-8-16-7-6-13-5-4-12(11-17)10-14(13)16/h4-7,10,17H,8-9,11H2,1-3H3. The Morgan fingerprint density at radius 1 is 1.20 bits per heavy atom. The molecule has 1 heterocycles. The molecule has 2 rings (SSSR count). The maximum Gasteiger partial charge on any atom is 0.156 e. The topological polar surface area (TPSA) is 59.3 Å². The number of sulfone groups is 1. The second kappa shape index (κ2) is 5.22. The third kappa shape index (κ3) is 2.88. The van der Waals surface area contributed by atoms with Crippen LogP contribution in [0.4, 0.5) is 0 Å². The van der Waals surface area contributed by atoms with Crippen molar-refractivity contribution < 1.29 is 13.5 Å². The molecule has 0 saturated carbocycles. The third-order valence-electron chi connectivity index (χ3n) is 3.55. The Hall–Kier alpha value is -1.33. The molecule has 0 aliphatic carbocycles. The van der Waals surface area contributed by atoms with Crippen LogP contribution in [0.25, 0.3) is 10.9 Å². The van der Waals surface area contributed by atoms with Crippen molar-refractivity contribution >= 4 is 20.7 Å². The fourth-order valence-corrected chi connectivity index (χ4v) is 3.10. The SMILES string of the molecule is CC(C)(C)S(=O)(=O)CCn1ccc2ccc(CO)cc21. The van der Waals surface area contributed by atoms with Crippen molar-refractivity contribution in [3.05, 3.63) is 36.0 Å². The molecule has 1 aromatic heterocycles. The summed E-state index contributed by atoms with van der Waals surface area (Å²) in [5.74, 6) is 0.115. The molecule has 0 aliphatic rings. The van der Waals surface area contributed by atoms with E-state index >= 15 is 0 Å². The van der Waals surface area contributed by atoms with Crippen molar-refractivity contribution in [3.8, 4) is 0 Å². The summed E-state index contributed by atoms with van der Waals surface area (Å²) in [6, 6.07) is 7.67. The first-order valence-electron chi connectivity index (χ1n) is 6.65. The first-order chi connectivity index (χ1) is 9.24. The average Bonchev–Trinajstić information content (AvgIpc) is 2.77. The maximum atomic E-state index is 12.2. The van der Waals surface area contributed by atoms with Gasteiger partial charge in [0.05, 0.1) is 17.1 Å². The highest BCUT2D eigenvalue weighted by Crippen LogP contribution is 2.20. The molecule has 0 unspecified atom stereocenters. The zero-order valence-electron chi connectivity index (χ0n) is 12.1. The van der Waals surface area contributed by atoms with E-state index < -0.39 is 14.6 Å². The molecule has 4 nitrogen and oxygen atoms in total. The zero-order chi connectivity index (χ0) is 15.0. The van der Waals surface area contributed by atoms with Gasteiger partial charge in [-0.1, -0.05) is 12.1 Å². The minimum absolute atomic E-state index is 0.0125. The third-order valence-corrected chi connectivity index (χ3v) is 6.14. The fraction of sp³-hybridized carbons (Fsp3) is 0.467. The number of nitrogens with zero attached hydrogens (tertiary/aromatic N) is 1. The smallest absolute Gasteiger partial charge is 0.156 e. The lowest BCUT2D eigenvalue weighted by atomic mass is 10.2. The molecule has 0 aliphatic heterocycles. The lowest BCUT2D eigenvalue weighted by molar-refractivity contribution is 0.282. The quantitative estimate of drug-likeness (QED) is 0.942. The fourth-order valence-electron chi connectivity index (χ4n) is 2.05. The van der Waals surface area contributed by atoms with Crippen LogP contribution in [0.2, 0.25) is 0 Å². The van der Waals surface area contributed by atoms with Crippen LogP contribution in [0.15, 0.2) is 30.5 Å². The number of hydrogen-bond donors (Lipinski definition) is 1. The molecular formula is C15H21NO3S. The van der Waals surface area contributed by atoms with Crippen LogP contribution in [0, 0.1) is 0 Å². The predicted molar refractivity (Wildman–Crippen MR) is 81.4 cm³/mol. The van der Waals surface area contributed by atoms with Crippen molar-refractivity contribution in [2.24, 2.45) is 0 Å². The number of aliphatic hydroxyl groups is 1. The van der Waals surface area contributed by atoms with E-state index in [1.807, 2.05) is 35.0 Å². The summed E-state index contributed by atoms with van der Waals surface area (Å²) in [5, 5.41) is 10.2. The van der Waals surface area contributed by atoms with Gasteiger partial charge in [0.15, 0.2) is 9.84 Å². The van der Waals surface area contributed by atoms with E-state index in [4.69, 9.17) is 0 Å². The van der Waals surface area contributed by atoms with E-state index in [0.29, 0.717) is 6.54 Å². The number of aryl methyl sites for hydroxylation is 1. The van der Waals surface area contributed by atoms with Crippen molar-refractivity contribution in [2.75, 3.05) is 5.75 Å². The minimum atomic E-state index is -3.13. The highest BCUT2D eigenvalue weighted by molar-refractivity contribution is 7.92. The van der Waals surface area contributed by atoms with Gasteiger partial charge in [0.25, 0.3) is 0 Å². The van der Waals surface area contributed by atoms with Crippen molar-refractivity contribution in [3.63, 3.8) is 0 Å². The van der Waals surface area contributed by atoms with Crippen LogP contribution in [0.1, 0.15) is 26.3 Å². The number of aromatic nitrogens is 1. The Balaban J connectivity index is 2.27. The van der Waals surface area contributed by atoms with Crippen LogP contribution in [-0.4, -0.2) is 28.6 Å². The van der Waals surface area contributed by atoms with Crippen molar-refractivity contribution in [1.29, 1.82) is 0 Å².